The first kappa shape index (κ1) is 24.2. The van der Waals surface area contributed by atoms with Crippen LogP contribution in [0.1, 0.15) is 50.3 Å². The molecule has 5 nitrogen and oxygen atoms in total. The predicted molar refractivity (Wildman–Crippen MR) is 123 cm³/mol. The van der Waals surface area contributed by atoms with Gasteiger partial charge < -0.3 is 15.0 Å². The van der Waals surface area contributed by atoms with Gasteiger partial charge in [0.2, 0.25) is 5.91 Å². The monoisotopic (exact) mass is 431 g/mol. The number of ether oxygens (including phenoxy) is 1. The number of aryl methyl sites for hydroxylation is 1. The Morgan fingerprint density at radius 1 is 1.17 bits per heavy atom. The molecular formula is C24H34ClN3O2. The van der Waals surface area contributed by atoms with E-state index in [4.69, 9.17) is 4.74 Å². The summed E-state index contributed by atoms with van der Waals surface area (Å²) in [7, 11) is 0. The number of aromatic nitrogens is 1. The SMILES string of the molecule is CCCOc1ccc(CCC(=O)N(Cc2ccccn2)C2CCCNCC2)cc1.Cl. The molecule has 1 amide bonds. The third-order valence-corrected chi connectivity index (χ3v) is 5.39. The highest BCUT2D eigenvalue weighted by atomic mass is 35.5. The highest BCUT2D eigenvalue weighted by molar-refractivity contribution is 5.85. The van der Waals surface area contributed by atoms with Crippen molar-refractivity contribution in [2.75, 3.05) is 19.7 Å². The minimum Gasteiger partial charge on any atom is -0.494 e. The molecule has 1 aliphatic heterocycles. The van der Waals surface area contributed by atoms with Crippen molar-refractivity contribution >= 4 is 18.3 Å². The number of nitrogens with one attached hydrogen (secondary N) is 1. The lowest BCUT2D eigenvalue weighted by Gasteiger charge is -2.31. The molecule has 1 unspecified atom stereocenters. The molecule has 2 heterocycles. The van der Waals surface area contributed by atoms with Crippen molar-refractivity contribution < 1.29 is 9.53 Å². The molecule has 30 heavy (non-hydrogen) atoms. The molecular weight excluding hydrogens is 398 g/mol. The number of rotatable bonds is 9. The Bertz CT molecular complexity index is 732. The van der Waals surface area contributed by atoms with E-state index in [0.717, 1.165) is 63.2 Å². The van der Waals surface area contributed by atoms with E-state index in [1.165, 1.54) is 5.56 Å². The van der Waals surface area contributed by atoms with E-state index in [1.54, 1.807) is 6.20 Å². The molecule has 0 radical (unpaired) electrons. The van der Waals surface area contributed by atoms with Crippen LogP contribution in [0, 0.1) is 0 Å². The largest absolute Gasteiger partial charge is 0.494 e. The van der Waals surface area contributed by atoms with Gasteiger partial charge in [0.15, 0.2) is 0 Å². The van der Waals surface area contributed by atoms with Gasteiger partial charge in [-0.1, -0.05) is 25.1 Å². The first-order valence-electron chi connectivity index (χ1n) is 10.9. The summed E-state index contributed by atoms with van der Waals surface area (Å²) in [4.78, 5) is 19.7. The zero-order valence-electron chi connectivity index (χ0n) is 17.9. The number of halogens is 1. The van der Waals surface area contributed by atoms with Crippen molar-refractivity contribution in [1.82, 2.24) is 15.2 Å². The Balaban J connectivity index is 0.00000320. The molecule has 0 aliphatic carbocycles. The van der Waals surface area contributed by atoms with Crippen molar-refractivity contribution in [2.45, 2.75) is 58.0 Å². The first-order valence-corrected chi connectivity index (χ1v) is 10.9. The fourth-order valence-electron chi connectivity index (χ4n) is 3.77. The van der Waals surface area contributed by atoms with E-state index in [0.29, 0.717) is 13.0 Å². The Morgan fingerprint density at radius 3 is 2.73 bits per heavy atom. The number of carbonyl (C=O) groups excluding carboxylic acids is 1. The summed E-state index contributed by atoms with van der Waals surface area (Å²) in [6, 6.07) is 14.3. The Kier molecular flexibility index (Phi) is 10.7. The number of carbonyl (C=O) groups is 1. The van der Waals surface area contributed by atoms with Gasteiger partial charge in [0.25, 0.3) is 0 Å². The van der Waals surface area contributed by atoms with Crippen LogP contribution >= 0.6 is 12.4 Å². The van der Waals surface area contributed by atoms with E-state index >= 15 is 0 Å². The minimum atomic E-state index is 0. The van der Waals surface area contributed by atoms with E-state index in [1.807, 2.05) is 30.3 Å². The standard InChI is InChI=1S/C24H33N3O2.ClH/c1-2-18-29-23-11-8-20(9-12-23)10-13-24(28)27(19-21-6-3-4-16-26-21)22-7-5-15-25-17-14-22;/h3-4,6,8-9,11-12,16,22,25H,2,5,7,10,13-15,17-19H2,1H3;1H. The van der Waals surface area contributed by atoms with E-state index in [9.17, 15) is 4.79 Å². The second kappa shape index (κ2) is 13.2. The minimum absolute atomic E-state index is 0. The summed E-state index contributed by atoms with van der Waals surface area (Å²) in [5, 5.41) is 3.45. The number of pyridine rings is 1. The quantitative estimate of drug-likeness (QED) is 0.639. The maximum Gasteiger partial charge on any atom is 0.223 e. The van der Waals surface area contributed by atoms with Gasteiger partial charge in [-0.2, -0.15) is 0 Å². The molecule has 1 atom stereocenters. The molecule has 1 aromatic heterocycles. The third kappa shape index (κ3) is 7.62. The molecule has 1 aliphatic rings. The first-order chi connectivity index (χ1) is 14.3. The molecule has 1 fully saturated rings. The molecule has 164 valence electrons. The maximum absolute atomic E-state index is 13.2. The van der Waals surface area contributed by atoms with Gasteiger partial charge in [0, 0.05) is 18.7 Å². The average Bonchev–Trinajstić information content (AvgIpc) is 3.05. The summed E-state index contributed by atoms with van der Waals surface area (Å²) in [6.07, 6.45) is 7.23. The highest BCUT2D eigenvalue weighted by Gasteiger charge is 2.24. The van der Waals surface area contributed by atoms with Crippen LogP contribution in [0.2, 0.25) is 0 Å². The Morgan fingerprint density at radius 2 is 2.00 bits per heavy atom. The van der Waals surface area contributed by atoms with Crippen molar-refractivity contribution in [3.63, 3.8) is 0 Å². The van der Waals surface area contributed by atoms with Crippen LogP contribution in [0.3, 0.4) is 0 Å². The molecule has 6 heteroatoms. The van der Waals surface area contributed by atoms with Crippen LogP contribution in [-0.2, 0) is 17.8 Å². The van der Waals surface area contributed by atoms with E-state index in [2.05, 4.69) is 34.3 Å². The molecule has 3 rings (SSSR count). The van der Waals surface area contributed by atoms with Crippen LogP contribution < -0.4 is 10.1 Å². The van der Waals surface area contributed by atoms with Gasteiger partial charge in [-0.05, 0) is 75.0 Å². The van der Waals surface area contributed by atoms with Crippen LogP contribution in [0.25, 0.3) is 0 Å². The molecule has 0 bridgehead atoms. The predicted octanol–water partition coefficient (Wildman–Crippen LogP) is 4.40. The summed E-state index contributed by atoms with van der Waals surface area (Å²) >= 11 is 0. The second-order valence-corrected chi connectivity index (χ2v) is 7.67. The molecule has 1 N–H and O–H groups in total. The van der Waals surface area contributed by atoms with E-state index in [-0.39, 0.29) is 24.4 Å². The van der Waals surface area contributed by atoms with Crippen LogP contribution in [0.4, 0.5) is 0 Å². The molecule has 1 aromatic carbocycles. The zero-order chi connectivity index (χ0) is 20.3. The average molecular weight is 432 g/mol. The molecule has 0 saturated carbocycles. The number of hydrogen-bond acceptors (Lipinski definition) is 4. The Labute approximate surface area is 186 Å². The highest BCUT2D eigenvalue weighted by Crippen LogP contribution is 2.19. The molecule has 2 aromatic rings. The van der Waals surface area contributed by atoms with Crippen molar-refractivity contribution in [3.8, 4) is 5.75 Å². The van der Waals surface area contributed by atoms with Gasteiger partial charge in [-0.3, -0.25) is 9.78 Å². The lowest BCUT2D eigenvalue weighted by Crippen LogP contribution is -2.40. The fourth-order valence-corrected chi connectivity index (χ4v) is 3.77. The van der Waals surface area contributed by atoms with Gasteiger partial charge in [0.05, 0.1) is 18.8 Å². The summed E-state index contributed by atoms with van der Waals surface area (Å²) < 4.78 is 5.64. The van der Waals surface area contributed by atoms with Gasteiger partial charge in [0.1, 0.15) is 5.75 Å². The van der Waals surface area contributed by atoms with E-state index < -0.39 is 0 Å². The van der Waals surface area contributed by atoms with Crippen molar-refractivity contribution in [3.05, 3.63) is 59.9 Å². The van der Waals surface area contributed by atoms with Gasteiger partial charge in [-0.25, -0.2) is 0 Å². The van der Waals surface area contributed by atoms with Gasteiger partial charge in [-0.15, -0.1) is 12.4 Å². The van der Waals surface area contributed by atoms with Crippen molar-refractivity contribution in [1.29, 1.82) is 0 Å². The van der Waals surface area contributed by atoms with Gasteiger partial charge >= 0.3 is 0 Å². The third-order valence-electron chi connectivity index (χ3n) is 5.39. The maximum atomic E-state index is 13.2. The zero-order valence-corrected chi connectivity index (χ0v) is 18.7. The lowest BCUT2D eigenvalue weighted by molar-refractivity contribution is -0.134. The smallest absolute Gasteiger partial charge is 0.223 e. The number of hydrogen-bond donors (Lipinski definition) is 1. The Hall–Kier alpha value is -2.11. The number of nitrogens with zero attached hydrogens (tertiary/aromatic N) is 2. The number of amides is 1. The van der Waals surface area contributed by atoms with Crippen molar-refractivity contribution in [2.24, 2.45) is 0 Å². The summed E-state index contributed by atoms with van der Waals surface area (Å²) in [5.74, 6) is 1.11. The summed E-state index contributed by atoms with van der Waals surface area (Å²) in [6.45, 7) is 5.43. The fraction of sp³-hybridized carbons (Fsp3) is 0.500. The van der Waals surface area contributed by atoms with Crippen LogP contribution in [0.5, 0.6) is 5.75 Å². The van der Waals surface area contributed by atoms with Crippen LogP contribution in [-0.4, -0.2) is 41.5 Å². The molecule has 1 saturated heterocycles. The second-order valence-electron chi connectivity index (χ2n) is 7.67. The lowest BCUT2D eigenvalue weighted by atomic mass is 10.0. The van der Waals surface area contributed by atoms with Crippen LogP contribution in [0.15, 0.2) is 48.7 Å². The molecule has 0 spiro atoms. The summed E-state index contributed by atoms with van der Waals surface area (Å²) in [5.41, 5.74) is 2.12. The number of benzene rings is 1. The topological polar surface area (TPSA) is 54.5 Å². The normalized spacial score (nSPS) is 16.2.